The van der Waals surface area contributed by atoms with E-state index >= 15 is 0 Å². The summed E-state index contributed by atoms with van der Waals surface area (Å²) in [6, 6.07) is 0. The van der Waals surface area contributed by atoms with Crippen molar-refractivity contribution in [1.82, 2.24) is 0 Å². The van der Waals surface area contributed by atoms with Gasteiger partial charge in [-0.2, -0.15) is 0 Å². The SMILES string of the molecule is C=CC[C@]1(C(=O)O)N=C(C2CCC(OCCCO)CC2)O[C@H]1C1=C(N=[N+]=[N-])CCCC1. The van der Waals surface area contributed by atoms with Gasteiger partial charge in [-0.15, -0.1) is 6.58 Å². The molecule has 3 aliphatic rings. The zero-order valence-electron chi connectivity index (χ0n) is 17.9. The molecule has 0 radical (unpaired) electrons. The monoisotopic (exact) mass is 432 g/mol. The number of aliphatic hydroxyl groups is 1. The van der Waals surface area contributed by atoms with Gasteiger partial charge in [0, 0.05) is 36.2 Å². The first-order chi connectivity index (χ1) is 15.1. The van der Waals surface area contributed by atoms with Crippen LogP contribution in [-0.2, 0) is 14.3 Å². The summed E-state index contributed by atoms with van der Waals surface area (Å²) in [5, 5.41) is 22.9. The average Bonchev–Trinajstić information content (AvgIpc) is 3.16. The molecule has 0 bridgehead atoms. The minimum atomic E-state index is -1.48. The van der Waals surface area contributed by atoms with E-state index in [0.717, 1.165) is 44.1 Å². The summed E-state index contributed by atoms with van der Waals surface area (Å²) in [7, 11) is 0. The number of aliphatic carboxylic acids is 1. The van der Waals surface area contributed by atoms with Gasteiger partial charge in [0.25, 0.3) is 0 Å². The van der Waals surface area contributed by atoms with Gasteiger partial charge in [-0.05, 0) is 68.9 Å². The Morgan fingerprint density at radius 3 is 2.74 bits per heavy atom. The van der Waals surface area contributed by atoms with E-state index in [-0.39, 0.29) is 25.0 Å². The van der Waals surface area contributed by atoms with Gasteiger partial charge in [0.1, 0.15) is 0 Å². The highest BCUT2D eigenvalue weighted by molar-refractivity contribution is 5.91. The van der Waals surface area contributed by atoms with Gasteiger partial charge in [-0.3, -0.25) is 0 Å². The summed E-state index contributed by atoms with van der Waals surface area (Å²) in [4.78, 5) is 20.1. The zero-order valence-corrected chi connectivity index (χ0v) is 17.9. The topological polar surface area (TPSA) is 137 Å². The first-order valence-corrected chi connectivity index (χ1v) is 11.2. The number of carboxylic acids is 1. The van der Waals surface area contributed by atoms with Crippen molar-refractivity contribution in [3.8, 4) is 0 Å². The van der Waals surface area contributed by atoms with Crippen LogP contribution in [0.15, 0.2) is 34.0 Å². The Morgan fingerprint density at radius 2 is 2.10 bits per heavy atom. The molecule has 31 heavy (non-hydrogen) atoms. The predicted molar refractivity (Wildman–Crippen MR) is 116 cm³/mol. The highest BCUT2D eigenvalue weighted by Crippen LogP contribution is 2.43. The van der Waals surface area contributed by atoms with Crippen molar-refractivity contribution in [2.24, 2.45) is 16.0 Å². The third-order valence-corrected chi connectivity index (χ3v) is 6.45. The second-order valence-corrected chi connectivity index (χ2v) is 8.46. The lowest BCUT2D eigenvalue weighted by Crippen LogP contribution is -2.47. The molecule has 0 unspecified atom stereocenters. The fourth-order valence-electron chi connectivity index (χ4n) is 4.82. The van der Waals surface area contributed by atoms with Gasteiger partial charge in [0.05, 0.1) is 6.10 Å². The molecule has 1 saturated carbocycles. The summed E-state index contributed by atoms with van der Waals surface area (Å²) in [6.07, 6.45) is 8.07. The summed E-state index contributed by atoms with van der Waals surface area (Å²) in [5.41, 5.74) is 8.84. The largest absolute Gasteiger partial charge is 0.479 e. The van der Waals surface area contributed by atoms with Crippen LogP contribution in [0.5, 0.6) is 0 Å². The summed E-state index contributed by atoms with van der Waals surface area (Å²) in [5.74, 6) is -0.522. The molecule has 0 amide bonds. The third kappa shape index (κ3) is 5.11. The smallest absolute Gasteiger partial charge is 0.336 e. The van der Waals surface area contributed by atoms with Crippen LogP contribution in [0.4, 0.5) is 0 Å². The fourth-order valence-corrected chi connectivity index (χ4v) is 4.82. The Labute approximate surface area is 182 Å². The van der Waals surface area contributed by atoms with Crippen molar-refractivity contribution in [3.05, 3.63) is 34.4 Å². The van der Waals surface area contributed by atoms with Crippen LogP contribution in [0, 0.1) is 5.92 Å². The van der Waals surface area contributed by atoms with Crippen molar-refractivity contribution in [3.63, 3.8) is 0 Å². The molecule has 3 rings (SSSR count). The van der Waals surface area contributed by atoms with E-state index in [1.54, 1.807) is 6.08 Å². The van der Waals surface area contributed by atoms with Crippen molar-refractivity contribution in [2.45, 2.75) is 82.0 Å². The van der Waals surface area contributed by atoms with E-state index in [1.165, 1.54) is 0 Å². The number of carbonyl (C=O) groups is 1. The average molecular weight is 433 g/mol. The van der Waals surface area contributed by atoms with E-state index in [0.29, 0.717) is 37.5 Å². The molecule has 1 heterocycles. The van der Waals surface area contributed by atoms with Crippen LogP contribution in [0.3, 0.4) is 0 Å². The first-order valence-electron chi connectivity index (χ1n) is 11.2. The number of allylic oxidation sites excluding steroid dienone is 1. The molecule has 2 N–H and O–H groups in total. The zero-order chi connectivity index (χ0) is 22.3. The number of aliphatic imine (C=N–C) groups is 1. The normalized spacial score (nSPS) is 30.9. The minimum Gasteiger partial charge on any atom is -0.479 e. The first kappa shape index (κ1) is 23.3. The number of carboxylic acid groups (broad SMARTS) is 1. The number of aliphatic hydroxyl groups excluding tert-OH is 1. The van der Waals surface area contributed by atoms with Crippen molar-refractivity contribution >= 4 is 11.9 Å². The van der Waals surface area contributed by atoms with E-state index in [2.05, 4.69) is 21.6 Å². The Morgan fingerprint density at radius 1 is 1.35 bits per heavy atom. The quantitative estimate of drug-likeness (QED) is 0.174. The third-order valence-electron chi connectivity index (χ3n) is 6.45. The van der Waals surface area contributed by atoms with E-state index in [4.69, 9.17) is 20.1 Å². The number of rotatable bonds is 10. The van der Waals surface area contributed by atoms with Gasteiger partial charge < -0.3 is 19.7 Å². The molecule has 0 spiro atoms. The molecule has 1 fully saturated rings. The van der Waals surface area contributed by atoms with E-state index in [1.807, 2.05) is 0 Å². The standard InChI is InChI=1S/C22H32N4O5/c1-2-12-22(21(28)29)19(17-6-3-4-7-18(17)25-26-23)31-20(24-22)15-8-10-16(11-9-15)30-14-5-13-27/h2,15-16,19,27H,1,3-14H2,(H,28,29)/t15?,16?,19-,22-/m0/s1. The second-order valence-electron chi connectivity index (χ2n) is 8.46. The van der Waals surface area contributed by atoms with E-state index < -0.39 is 17.6 Å². The Hall–Kier alpha value is -2.35. The molecule has 9 heteroatoms. The van der Waals surface area contributed by atoms with Crippen LogP contribution >= 0.6 is 0 Å². The molecule has 0 aromatic rings. The fraction of sp³-hybridized carbons (Fsp3) is 0.727. The summed E-state index contributed by atoms with van der Waals surface area (Å²) >= 11 is 0. The van der Waals surface area contributed by atoms with E-state index in [9.17, 15) is 9.90 Å². The highest BCUT2D eigenvalue weighted by atomic mass is 16.5. The highest BCUT2D eigenvalue weighted by Gasteiger charge is 2.54. The maximum absolute atomic E-state index is 12.5. The Kier molecular flexibility index (Phi) is 8.12. The minimum absolute atomic E-state index is 0.0401. The van der Waals surface area contributed by atoms with Crippen molar-refractivity contribution in [1.29, 1.82) is 0 Å². The molecule has 0 saturated heterocycles. The number of azide groups is 1. The number of hydrogen-bond acceptors (Lipinski definition) is 6. The van der Waals surface area contributed by atoms with Crippen LogP contribution in [0.1, 0.15) is 64.2 Å². The Bertz CT molecular complexity index is 781. The van der Waals surface area contributed by atoms with Crippen molar-refractivity contribution in [2.75, 3.05) is 13.2 Å². The molecule has 2 atom stereocenters. The maximum Gasteiger partial charge on any atom is 0.336 e. The maximum atomic E-state index is 12.5. The molecule has 0 aromatic carbocycles. The molecular formula is C22H32N4O5. The molecule has 2 aliphatic carbocycles. The number of hydrogen-bond donors (Lipinski definition) is 2. The van der Waals surface area contributed by atoms with Gasteiger partial charge in [0.2, 0.25) is 5.54 Å². The lowest BCUT2D eigenvalue weighted by atomic mass is 9.80. The molecule has 1 aliphatic heterocycles. The summed E-state index contributed by atoms with van der Waals surface area (Å²) in [6.45, 7) is 4.41. The van der Waals surface area contributed by atoms with Crippen LogP contribution in [-0.4, -0.2) is 53.0 Å². The predicted octanol–water partition coefficient (Wildman–Crippen LogP) is 4.28. The van der Waals surface area contributed by atoms with Crippen LogP contribution < -0.4 is 0 Å². The van der Waals surface area contributed by atoms with Crippen LogP contribution in [0.25, 0.3) is 10.4 Å². The molecule has 0 aromatic heterocycles. The Balaban J connectivity index is 1.83. The number of nitrogens with zero attached hydrogens (tertiary/aromatic N) is 4. The van der Waals surface area contributed by atoms with Gasteiger partial charge >= 0.3 is 5.97 Å². The van der Waals surface area contributed by atoms with Gasteiger partial charge in [-0.1, -0.05) is 11.2 Å². The number of ether oxygens (including phenoxy) is 2. The lowest BCUT2D eigenvalue weighted by molar-refractivity contribution is -0.145. The van der Waals surface area contributed by atoms with Gasteiger partial charge in [-0.25, -0.2) is 9.79 Å². The summed E-state index contributed by atoms with van der Waals surface area (Å²) < 4.78 is 12.1. The molecular weight excluding hydrogens is 400 g/mol. The van der Waals surface area contributed by atoms with Crippen molar-refractivity contribution < 1.29 is 24.5 Å². The van der Waals surface area contributed by atoms with Crippen LogP contribution in [0.2, 0.25) is 0 Å². The second kappa shape index (κ2) is 10.8. The molecule has 9 nitrogen and oxygen atoms in total. The van der Waals surface area contributed by atoms with Gasteiger partial charge in [0.15, 0.2) is 12.0 Å². The molecule has 170 valence electrons. The lowest BCUT2D eigenvalue weighted by Gasteiger charge is -2.32.